The highest BCUT2D eigenvalue weighted by atomic mass is 19.4. The Morgan fingerprint density at radius 2 is 1.43 bits per heavy atom. The molecule has 2 aromatic rings. The number of hydrogen-bond acceptors (Lipinski definition) is 3. The van der Waals surface area contributed by atoms with Gasteiger partial charge in [0.15, 0.2) is 0 Å². The number of piperazine rings is 1. The molecule has 1 fully saturated rings. The Bertz CT molecular complexity index is 815. The summed E-state index contributed by atoms with van der Waals surface area (Å²) in [7, 11) is 0. The van der Waals surface area contributed by atoms with Crippen molar-refractivity contribution in [2.24, 2.45) is 0 Å². The molecule has 1 heterocycles. The standard InChI is InChI=1S/C20H20F3N3O2/c21-20(22,23)16-8-6-15(7-9-16)19(28)26-12-10-25(11-13-26)18(27)14-24-17-4-2-1-3-5-17/h1-9,24H,10-14H2. The van der Waals surface area contributed by atoms with E-state index in [1.165, 1.54) is 12.1 Å². The van der Waals surface area contributed by atoms with Crippen LogP contribution in [0.25, 0.3) is 0 Å². The molecule has 28 heavy (non-hydrogen) atoms. The van der Waals surface area contributed by atoms with E-state index in [4.69, 9.17) is 0 Å². The Labute approximate surface area is 160 Å². The Balaban J connectivity index is 1.50. The summed E-state index contributed by atoms with van der Waals surface area (Å²) in [5, 5.41) is 3.06. The molecule has 148 valence electrons. The van der Waals surface area contributed by atoms with Crippen LogP contribution >= 0.6 is 0 Å². The first kappa shape index (κ1) is 19.7. The number of carbonyl (C=O) groups is 2. The summed E-state index contributed by atoms with van der Waals surface area (Å²) in [5.74, 6) is -0.395. The van der Waals surface area contributed by atoms with Gasteiger partial charge in [-0.25, -0.2) is 0 Å². The third-order valence-electron chi connectivity index (χ3n) is 4.60. The number of para-hydroxylation sites is 1. The third-order valence-corrected chi connectivity index (χ3v) is 4.60. The minimum atomic E-state index is -4.43. The fraction of sp³-hybridized carbons (Fsp3) is 0.300. The smallest absolute Gasteiger partial charge is 0.376 e. The predicted molar refractivity (Wildman–Crippen MR) is 98.9 cm³/mol. The summed E-state index contributed by atoms with van der Waals surface area (Å²) < 4.78 is 37.9. The van der Waals surface area contributed by atoms with Crippen molar-refractivity contribution >= 4 is 17.5 Å². The van der Waals surface area contributed by atoms with E-state index in [1.807, 2.05) is 30.3 Å². The van der Waals surface area contributed by atoms with Gasteiger partial charge < -0.3 is 15.1 Å². The van der Waals surface area contributed by atoms with Gasteiger partial charge in [-0.1, -0.05) is 18.2 Å². The molecule has 0 aliphatic carbocycles. The summed E-state index contributed by atoms with van der Waals surface area (Å²) in [6.07, 6.45) is -4.43. The first-order valence-corrected chi connectivity index (χ1v) is 8.88. The van der Waals surface area contributed by atoms with Crippen LogP contribution in [0, 0.1) is 0 Å². The van der Waals surface area contributed by atoms with Crippen LogP contribution in [0.2, 0.25) is 0 Å². The molecule has 1 N–H and O–H groups in total. The van der Waals surface area contributed by atoms with Crippen molar-refractivity contribution in [2.45, 2.75) is 6.18 Å². The zero-order valence-corrected chi connectivity index (χ0v) is 15.1. The summed E-state index contributed by atoms with van der Waals surface area (Å²) in [4.78, 5) is 28.0. The van der Waals surface area contributed by atoms with Crippen molar-refractivity contribution in [1.82, 2.24) is 9.80 Å². The van der Waals surface area contributed by atoms with E-state index in [1.54, 1.807) is 9.80 Å². The van der Waals surface area contributed by atoms with E-state index in [0.717, 1.165) is 17.8 Å². The summed E-state index contributed by atoms with van der Waals surface area (Å²) in [6, 6.07) is 13.6. The molecule has 5 nitrogen and oxygen atoms in total. The highest BCUT2D eigenvalue weighted by Crippen LogP contribution is 2.29. The minimum Gasteiger partial charge on any atom is -0.376 e. The maximum absolute atomic E-state index is 12.6. The van der Waals surface area contributed by atoms with E-state index < -0.39 is 11.7 Å². The van der Waals surface area contributed by atoms with Crippen LogP contribution in [0.4, 0.5) is 18.9 Å². The first-order valence-electron chi connectivity index (χ1n) is 8.88. The van der Waals surface area contributed by atoms with E-state index in [-0.39, 0.29) is 23.9 Å². The van der Waals surface area contributed by atoms with Gasteiger partial charge in [0.05, 0.1) is 12.1 Å². The lowest BCUT2D eigenvalue weighted by Gasteiger charge is -2.35. The average molecular weight is 391 g/mol. The molecule has 0 radical (unpaired) electrons. The van der Waals surface area contributed by atoms with E-state index in [0.29, 0.717) is 26.2 Å². The lowest BCUT2D eigenvalue weighted by atomic mass is 10.1. The molecule has 0 aromatic heterocycles. The maximum Gasteiger partial charge on any atom is 0.416 e. The minimum absolute atomic E-state index is 0.0644. The number of alkyl halides is 3. The number of nitrogens with zero attached hydrogens (tertiary/aromatic N) is 2. The van der Waals surface area contributed by atoms with E-state index >= 15 is 0 Å². The molecular formula is C20H20F3N3O2. The van der Waals surface area contributed by atoms with Crippen LogP contribution in [0.5, 0.6) is 0 Å². The molecule has 2 amide bonds. The van der Waals surface area contributed by atoms with Gasteiger partial charge in [-0.05, 0) is 36.4 Å². The monoisotopic (exact) mass is 391 g/mol. The van der Waals surface area contributed by atoms with Gasteiger partial charge in [0.2, 0.25) is 5.91 Å². The van der Waals surface area contributed by atoms with Crippen molar-refractivity contribution in [2.75, 3.05) is 38.0 Å². The van der Waals surface area contributed by atoms with Gasteiger partial charge in [-0.2, -0.15) is 13.2 Å². The predicted octanol–water partition coefficient (Wildman–Crippen LogP) is 3.10. The summed E-state index contributed by atoms with van der Waals surface area (Å²) in [5.41, 5.74) is 0.274. The zero-order valence-electron chi connectivity index (χ0n) is 15.1. The van der Waals surface area contributed by atoms with Crippen LogP contribution in [0.3, 0.4) is 0 Å². The highest BCUT2D eigenvalue weighted by molar-refractivity contribution is 5.94. The molecule has 2 aromatic carbocycles. The number of anilines is 1. The molecule has 0 atom stereocenters. The SMILES string of the molecule is O=C(CNc1ccccc1)N1CCN(C(=O)c2ccc(C(F)(F)F)cc2)CC1. The number of amides is 2. The summed E-state index contributed by atoms with van der Waals surface area (Å²) in [6.45, 7) is 1.63. The highest BCUT2D eigenvalue weighted by Gasteiger charge is 2.31. The largest absolute Gasteiger partial charge is 0.416 e. The Hall–Kier alpha value is -3.03. The molecule has 3 rings (SSSR count). The normalized spacial score (nSPS) is 14.7. The molecule has 0 spiro atoms. The topological polar surface area (TPSA) is 52.7 Å². The van der Waals surface area contributed by atoms with Crippen molar-refractivity contribution in [3.63, 3.8) is 0 Å². The third kappa shape index (κ3) is 4.82. The number of halogens is 3. The van der Waals surface area contributed by atoms with Gasteiger partial charge in [0.1, 0.15) is 0 Å². The molecule has 0 unspecified atom stereocenters. The van der Waals surface area contributed by atoms with Gasteiger partial charge >= 0.3 is 6.18 Å². The number of benzene rings is 2. The first-order chi connectivity index (χ1) is 13.3. The number of hydrogen-bond donors (Lipinski definition) is 1. The molecule has 8 heteroatoms. The van der Waals surface area contributed by atoms with Crippen molar-refractivity contribution in [1.29, 1.82) is 0 Å². The Kier molecular flexibility index (Phi) is 5.87. The van der Waals surface area contributed by atoms with Crippen molar-refractivity contribution in [3.05, 3.63) is 65.7 Å². The van der Waals surface area contributed by atoms with Gasteiger partial charge in [-0.3, -0.25) is 9.59 Å². The average Bonchev–Trinajstić information content (AvgIpc) is 2.72. The molecule has 0 bridgehead atoms. The van der Waals surface area contributed by atoms with E-state index in [9.17, 15) is 22.8 Å². The second-order valence-corrected chi connectivity index (χ2v) is 6.47. The zero-order chi connectivity index (χ0) is 20.1. The lowest BCUT2D eigenvalue weighted by molar-refractivity contribution is -0.137. The Morgan fingerprint density at radius 3 is 2.00 bits per heavy atom. The number of nitrogens with one attached hydrogen (secondary N) is 1. The molecular weight excluding hydrogens is 371 g/mol. The van der Waals surface area contributed by atoms with Crippen molar-refractivity contribution in [3.8, 4) is 0 Å². The molecule has 1 saturated heterocycles. The van der Waals surface area contributed by atoms with Gasteiger partial charge in [-0.15, -0.1) is 0 Å². The number of carbonyl (C=O) groups excluding carboxylic acids is 2. The number of rotatable bonds is 4. The fourth-order valence-electron chi connectivity index (χ4n) is 2.99. The Morgan fingerprint density at radius 1 is 0.857 bits per heavy atom. The maximum atomic E-state index is 12.6. The van der Waals surface area contributed by atoms with Gasteiger partial charge in [0, 0.05) is 37.4 Å². The fourth-order valence-corrected chi connectivity index (χ4v) is 2.99. The van der Waals surface area contributed by atoms with Crippen LogP contribution in [0.15, 0.2) is 54.6 Å². The van der Waals surface area contributed by atoms with Gasteiger partial charge in [0.25, 0.3) is 5.91 Å². The molecule has 0 saturated carbocycles. The van der Waals surface area contributed by atoms with Crippen molar-refractivity contribution < 1.29 is 22.8 Å². The quantitative estimate of drug-likeness (QED) is 0.872. The van der Waals surface area contributed by atoms with E-state index in [2.05, 4.69) is 5.32 Å². The van der Waals surface area contributed by atoms with Crippen LogP contribution < -0.4 is 5.32 Å². The second-order valence-electron chi connectivity index (χ2n) is 6.47. The molecule has 1 aliphatic rings. The lowest BCUT2D eigenvalue weighted by Crippen LogP contribution is -2.51. The molecule has 1 aliphatic heterocycles. The van der Waals surface area contributed by atoms with Crippen LogP contribution in [-0.4, -0.2) is 54.3 Å². The summed E-state index contributed by atoms with van der Waals surface area (Å²) >= 11 is 0. The van der Waals surface area contributed by atoms with Crippen LogP contribution in [-0.2, 0) is 11.0 Å². The second kappa shape index (κ2) is 8.33. The van der Waals surface area contributed by atoms with Crippen LogP contribution in [0.1, 0.15) is 15.9 Å².